The summed E-state index contributed by atoms with van der Waals surface area (Å²) in [5.41, 5.74) is 4.90. The van der Waals surface area contributed by atoms with Crippen molar-refractivity contribution >= 4 is 17.7 Å². The van der Waals surface area contributed by atoms with Crippen LogP contribution in [-0.4, -0.2) is 20.1 Å². The molecule has 34 heavy (non-hydrogen) atoms. The molecule has 4 nitrogen and oxygen atoms in total. The van der Waals surface area contributed by atoms with E-state index in [0.717, 1.165) is 40.4 Å². The Morgan fingerprint density at radius 3 is 2.06 bits per heavy atom. The standard InChI is InChI=1S/C30H29NO3/c1-22-19-25(24-12-17-29(34-3)18-13-24)21-27(14-9-23-10-15-28(33-2)16-11-23)31(30(32)20-22)26-7-5-4-6-8-26/h4-18,20-21,25H,19H2,1-3H3/b14-9+,22-20-,27-21-. The van der Waals surface area contributed by atoms with Gasteiger partial charge < -0.3 is 9.47 Å². The maximum atomic E-state index is 13.4. The molecule has 0 saturated carbocycles. The van der Waals surface area contributed by atoms with Crippen molar-refractivity contribution < 1.29 is 14.3 Å². The van der Waals surface area contributed by atoms with Crippen LogP contribution in [0.4, 0.5) is 5.69 Å². The van der Waals surface area contributed by atoms with E-state index in [-0.39, 0.29) is 11.8 Å². The fourth-order valence-corrected chi connectivity index (χ4v) is 4.09. The Morgan fingerprint density at radius 1 is 0.824 bits per heavy atom. The quantitative estimate of drug-likeness (QED) is 0.415. The lowest BCUT2D eigenvalue weighted by Crippen LogP contribution is -2.29. The number of hydrogen-bond donors (Lipinski definition) is 0. The Kier molecular flexibility index (Phi) is 7.28. The molecule has 1 aliphatic rings. The second-order valence-electron chi connectivity index (χ2n) is 8.28. The van der Waals surface area contributed by atoms with Gasteiger partial charge >= 0.3 is 0 Å². The van der Waals surface area contributed by atoms with E-state index < -0.39 is 0 Å². The zero-order chi connectivity index (χ0) is 23.9. The summed E-state index contributed by atoms with van der Waals surface area (Å²) in [5.74, 6) is 1.69. The fraction of sp³-hybridized carbons (Fsp3) is 0.167. The van der Waals surface area contributed by atoms with Crippen molar-refractivity contribution in [3.8, 4) is 11.5 Å². The van der Waals surface area contributed by atoms with Crippen LogP contribution >= 0.6 is 0 Å². The highest BCUT2D eigenvalue weighted by Gasteiger charge is 2.22. The van der Waals surface area contributed by atoms with E-state index in [2.05, 4.69) is 18.2 Å². The smallest absolute Gasteiger partial charge is 0.255 e. The molecule has 1 atom stereocenters. The number of ether oxygens (including phenoxy) is 2. The number of carbonyl (C=O) groups is 1. The lowest BCUT2D eigenvalue weighted by molar-refractivity contribution is -0.113. The first kappa shape index (κ1) is 23.1. The summed E-state index contributed by atoms with van der Waals surface area (Å²) in [5, 5.41) is 0. The van der Waals surface area contributed by atoms with Gasteiger partial charge in [-0.3, -0.25) is 9.69 Å². The Balaban J connectivity index is 1.79. The minimum Gasteiger partial charge on any atom is -0.497 e. The molecule has 0 aromatic heterocycles. The number of para-hydroxylation sites is 1. The van der Waals surface area contributed by atoms with Crippen molar-refractivity contribution in [3.63, 3.8) is 0 Å². The molecule has 1 amide bonds. The maximum Gasteiger partial charge on any atom is 0.255 e. The molecule has 172 valence electrons. The summed E-state index contributed by atoms with van der Waals surface area (Å²) in [4.78, 5) is 15.1. The van der Waals surface area contributed by atoms with Crippen molar-refractivity contribution in [3.05, 3.63) is 119 Å². The molecule has 0 saturated heterocycles. The molecule has 1 aliphatic heterocycles. The van der Waals surface area contributed by atoms with E-state index in [1.54, 1.807) is 25.2 Å². The monoisotopic (exact) mass is 451 g/mol. The molecular formula is C30H29NO3. The van der Waals surface area contributed by atoms with Crippen LogP contribution in [0.15, 0.2) is 108 Å². The summed E-state index contributed by atoms with van der Waals surface area (Å²) in [6.45, 7) is 2.02. The molecule has 4 rings (SSSR count). The number of anilines is 1. The highest BCUT2D eigenvalue weighted by atomic mass is 16.5. The summed E-state index contributed by atoms with van der Waals surface area (Å²) in [7, 11) is 3.32. The molecule has 0 spiro atoms. The van der Waals surface area contributed by atoms with Crippen LogP contribution < -0.4 is 14.4 Å². The lowest BCUT2D eigenvalue weighted by atomic mass is 9.89. The van der Waals surface area contributed by atoms with Gasteiger partial charge in [0.05, 0.1) is 14.2 Å². The van der Waals surface area contributed by atoms with Gasteiger partial charge in [0.2, 0.25) is 0 Å². The van der Waals surface area contributed by atoms with Crippen LogP contribution in [0.1, 0.15) is 30.4 Å². The van der Waals surface area contributed by atoms with Gasteiger partial charge in [0.15, 0.2) is 0 Å². The van der Waals surface area contributed by atoms with E-state index in [1.165, 1.54) is 5.56 Å². The van der Waals surface area contributed by atoms with Crippen LogP contribution in [0.25, 0.3) is 6.08 Å². The third kappa shape index (κ3) is 5.46. The largest absolute Gasteiger partial charge is 0.497 e. The van der Waals surface area contributed by atoms with Crippen molar-refractivity contribution in [2.75, 3.05) is 19.1 Å². The van der Waals surface area contributed by atoms with Crippen molar-refractivity contribution in [1.82, 2.24) is 0 Å². The van der Waals surface area contributed by atoms with E-state index >= 15 is 0 Å². The summed E-state index contributed by atoms with van der Waals surface area (Å²) >= 11 is 0. The molecule has 0 fully saturated rings. The zero-order valence-corrected chi connectivity index (χ0v) is 19.8. The van der Waals surface area contributed by atoms with Crippen LogP contribution in [0.3, 0.4) is 0 Å². The number of methoxy groups -OCH3 is 2. The minimum atomic E-state index is -0.0532. The number of nitrogens with zero attached hydrogens (tertiary/aromatic N) is 1. The Morgan fingerprint density at radius 2 is 1.44 bits per heavy atom. The van der Waals surface area contributed by atoms with Crippen LogP contribution in [0.5, 0.6) is 11.5 Å². The van der Waals surface area contributed by atoms with Crippen molar-refractivity contribution in [2.24, 2.45) is 0 Å². The first-order valence-corrected chi connectivity index (χ1v) is 11.3. The molecule has 0 aliphatic carbocycles. The second kappa shape index (κ2) is 10.7. The summed E-state index contributed by atoms with van der Waals surface area (Å²) in [6, 6.07) is 25.8. The first-order valence-electron chi connectivity index (χ1n) is 11.3. The molecule has 3 aromatic carbocycles. The Bertz CT molecular complexity index is 1210. The van der Waals surface area contributed by atoms with Gasteiger partial charge in [-0.25, -0.2) is 0 Å². The average Bonchev–Trinajstić information content (AvgIpc) is 2.87. The van der Waals surface area contributed by atoms with E-state index in [1.807, 2.05) is 85.8 Å². The second-order valence-corrected chi connectivity index (χ2v) is 8.28. The molecule has 0 bridgehead atoms. The van der Waals surface area contributed by atoms with Crippen LogP contribution in [-0.2, 0) is 4.79 Å². The third-order valence-electron chi connectivity index (χ3n) is 5.88. The van der Waals surface area contributed by atoms with Gasteiger partial charge in [-0.15, -0.1) is 0 Å². The zero-order valence-electron chi connectivity index (χ0n) is 19.8. The van der Waals surface area contributed by atoms with E-state index in [0.29, 0.717) is 0 Å². The summed E-state index contributed by atoms with van der Waals surface area (Å²) in [6.07, 6.45) is 8.73. The predicted molar refractivity (Wildman–Crippen MR) is 138 cm³/mol. The SMILES string of the molecule is COc1ccc(/C=C/C2=C/C(c3ccc(OC)cc3)C/C(C)=C\C(=O)N2c2ccccc2)cc1. The number of benzene rings is 3. The molecule has 1 unspecified atom stereocenters. The number of hydrogen-bond acceptors (Lipinski definition) is 3. The number of allylic oxidation sites excluding steroid dienone is 3. The maximum absolute atomic E-state index is 13.4. The van der Waals surface area contributed by atoms with Gasteiger partial charge in [0, 0.05) is 23.4 Å². The molecule has 0 N–H and O–H groups in total. The third-order valence-corrected chi connectivity index (χ3v) is 5.88. The topological polar surface area (TPSA) is 38.8 Å². The van der Waals surface area contributed by atoms with Crippen LogP contribution in [0, 0.1) is 0 Å². The highest BCUT2D eigenvalue weighted by Crippen LogP contribution is 2.33. The summed E-state index contributed by atoms with van der Waals surface area (Å²) < 4.78 is 10.6. The Labute approximate surface area is 201 Å². The van der Waals surface area contributed by atoms with Crippen LogP contribution in [0.2, 0.25) is 0 Å². The molecular weight excluding hydrogens is 422 g/mol. The van der Waals surface area contributed by atoms with Gasteiger partial charge in [-0.2, -0.15) is 0 Å². The molecule has 3 aromatic rings. The Hall–Kier alpha value is -4.05. The van der Waals surface area contributed by atoms with Crippen molar-refractivity contribution in [2.45, 2.75) is 19.3 Å². The normalized spacial score (nSPS) is 19.6. The van der Waals surface area contributed by atoms with Gasteiger partial charge in [0.1, 0.15) is 11.5 Å². The number of rotatable bonds is 6. The average molecular weight is 452 g/mol. The van der Waals surface area contributed by atoms with E-state index in [4.69, 9.17) is 9.47 Å². The first-order chi connectivity index (χ1) is 16.6. The number of amides is 1. The van der Waals surface area contributed by atoms with E-state index in [9.17, 15) is 4.79 Å². The molecule has 1 heterocycles. The minimum absolute atomic E-state index is 0.0532. The molecule has 0 radical (unpaired) electrons. The predicted octanol–water partition coefficient (Wildman–Crippen LogP) is 6.77. The fourth-order valence-electron chi connectivity index (χ4n) is 4.09. The highest BCUT2D eigenvalue weighted by molar-refractivity contribution is 6.05. The van der Waals surface area contributed by atoms with Gasteiger partial charge in [-0.05, 0) is 66.9 Å². The number of carbonyl (C=O) groups excluding carboxylic acids is 1. The van der Waals surface area contributed by atoms with Gasteiger partial charge in [0.25, 0.3) is 5.91 Å². The van der Waals surface area contributed by atoms with Crippen molar-refractivity contribution in [1.29, 1.82) is 0 Å². The molecule has 4 heteroatoms. The van der Waals surface area contributed by atoms with Gasteiger partial charge in [-0.1, -0.05) is 60.2 Å². The lowest BCUT2D eigenvalue weighted by Gasteiger charge is -2.27.